The summed E-state index contributed by atoms with van der Waals surface area (Å²) in [6.45, 7) is 2.07. The molecule has 0 amide bonds. The van der Waals surface area contributed by atoms with Crippen LogP contribution in [0.5, 0.6) is 5.75 Å². The van der Waals surface area contributed by atoms with Gasteiger partial charge in [-0.15, -0.1) is 0 Å². The number of ether oxygens (including phenoxy) is 1. The highest BCUT2D eigenvalue weighted by molar-refractivity contribution is 5.79. The third kappa shape index (κ3) is 7.29. The van der Waals surface area contributed by atoms with Gasteiger partial charge in [0.25, 0.3) is 0 Å². The molecule has 1 heterocycles. The molecule has 11 heteroatoms. The fourth-order valence-electron chi connectivity index (χ4n) is 3.71. The molecule has 42 heavy (non-hydrogen) atoms. The Labute approximate surface area is 235 Å². The molecule has 3 aromatic carbocycles. The molecule has 0 saturated carbocycles. The fourth-order valence-corrected chi connectivity index (χ4v) is 3.71. The zero-order valence-corrected chi connectivity index (χ0v) is 21.8. The maximum absolute atomic E-state index is 14.8. The largest absolute Gasteiger partial charge is 0.429 e. The number of aliphatic imine (C=N–C) groups is 1. The maximum atomic E-state index is 14.8. The highest BCUT2D eigenvalue weighted by atomic mass is 19.3. The number of hydrogen-bond donors (Lipinski definition) is 1. The number of allylic oxidation sites excluding steroid dienone is 1. The molecule has 1 atom stereocenters. The standard InChI is InChI=1S/C31H20F8N2O/c1-2-3-4-20-16-40-29(41-17-20)10-7-18-6-9-23(26(34)11-18)31(38,39)42-21-14-24(32)22(25(33)15-21)8-5-19-12-27(35)30(37)28(36)13-19/h6,9,11-17,29,40H,2-4H2,1H3. The van der Waals surface area contributed by atoms with Gasteiger partial charge in [0.05, 0.1) is 5.56 Å². The maximum Gasteiger partial charge on any atom is 0.429 e. The van der Waals surface area contributed by atoms with Crippen LogP contribution in [-0.4, -0.2) is 12.4 Å². The molecule has 1 N–H and O–H groups in total. The van der Waals surface area contributed by atoms with E-state index in [2.05, 4.69) is 39.7 Å². The van der Waals surface area contributed by atoms with E-state index >= 15 is 0 Å². The Hall–Kier alpha value is -4.77. The van der Waals surface area contributed by atoms with Gasteiger partial charge in [-0.3, -0.25) is 4.99 Å². The lowest BCUT2D eigenvalue weighted by molar-refractivity contribution is -0.187. The summed E-state index contributed by atoms with van der Waals surface area (Å²) in [6.07, 6.45) is 1.41. The first-order chi connectivity index (χ1) is 20.0. The smallest absolute Gasteiger partial charge is 0.429 e. The van der Waals surface area contributed by atoms with Crippen LogP contribution in [-0.2, 0) is 6.11 Å². The summed E-state index contributed by atoms with van der Waals surface area (Å²) in [5, 5.41) is 2.98. The minimum atomic E-state index is -4.35. The lowest BCUT2D eigenvalue weighted by Crippen LogP contribution is -2.24. The molecule has 0 aromatic heterocycles. The highest BCUT2D eigenvalue weighted by Gasteiger charge is 2.38. The number of unbranched alkanes of at least 4 members (excludes halogenated alkanes) is 1. The molecule has 1 aliphatic heterocycles. The van der Waals surface area contributed by atoms with Crippen LogP contribution in [0.4, 0.5) is 35.1 Å². The normalized spacial score (nSPS) is 14.2. The average molecular weight is 588 g/mol. The van der Waals surface area contributed by atoms with Crippen molar-refractivity contribution in [3.05, 3.63) is 111 Å². The Morgan fingerprint density at radius 1 is 0.833 bits per heavy atom. The summed E-state index contributed by atoms with van der Waals surface area (Å²) in [6, 6.07) is 4.38. The molecule has 0 saturated heterocycles. The van der Waals surface area contributed by atoms with Crippen molar-refractivity contribution in [2.24, 2.45) is 4.99 Å². The second-order valence-electron chi connectivity index (χ2n) is 9.02. The fraction of sp³-hybridized carbons (Fsp3) is 0.194. The lowest BCUT2D eigenvalue weighted by atomic mass is 10.1. The first kappa shape index (κ1) is 30.2. The summed E-state index contributed by atoms with van der Waals surface area (Å²) in [5.41, 5.74) is -1.50. The van der Waals surface area contributed by atoms with E-state index in [1.54, 1.807) is 12.4 Å². The monoisotopic (exact) mass is 588 g/mol. The molecule has 216 valence electrons. The average Bonchev–Trinajstić information content (AvgIpc) is 2.93. The van der Waals surface area contributed by atoms with E-state index in [0.29, 0.717) is 24.3 Å². The third-order valence-corrected chi connectivity index (χ3v) is 5.85. The summed E-state index contributed by atoms with van der Waals surface area (Å²) in [5.74, 6) is -0.740. The van der Waals surface area contributed by atoms with Gasteiger partial charge in [0.1, 0.15) is 28.8 Å². The van der Waals surface area contributed by atoms with E-state index < -0.39 is 69.6 Å². The Morgan fingerprint density at radius 2 is 1.50 bits per heavy atom. The van der Waals surface area contributed by atoms with Crippen LogP contribution < -0.4 is 10.1 Å². The van der Waals surface area contributed by atoms with Gasteiger partial charge >= 0.3 is 6.11 Å². The Morgan fingerprint density at radius 3 is 2.10 bits per heavy atom. The minimum absolute atomic E-state index is 0.0748. The van der Waals surface area contributed by atoms with Crippen LogP contribution in [0.2, 0.25) is 0 Å². The van der Waals surface area contributed by atoms with Crippen molar-refractivity contribution >= 4 is 6.21 Å². The number of alkyl halides is 2. The van der Waals surface area contributed by atoms with Crippen molar-refractivity contribution in [2.45, 2.75) is 38.5 Å². The van der Waals surface area contributed by atoms with E-state index in [1.807, 2.05) is 5.92 Å². The first-order valence-electron chi connectivity index (χ1n) is 12.5. The van der Waals surface area contributed by atoms with Gasteiger partial charge < -0.3 is 10.1 Å². The Bertz CT molecular complexity index is 1650. The number of halogens is 8. The molecule has 0 bridgehead atoms. The lowest BCUT2D eigenvalue weighted by Gasteiger charge is -2.19. The number of rotatable bonds is 6. The summed E-state index contributed by atoms with van der Waals surface area (Å²) >= 11 is 0. The summed E-state index contributed by atoms with van der Waals surface area (Å²) in [7, 11) is 0. The van der Waals surface area contributed by atoms with E-state index in [9.17, 15) is 35.1 Å². The van der Waals surface area contributed by atoms with Gasteiger partial charge in [0, 0.05) is 35.7 Å². The third-order valence-electron chi connectivity index (χ3n) is 5.85. The summed E-state index contributed by atoms with van der Waals surface area (Å²) in [4.78, 5) is 4.24. The van der Waals surface area contributed by atoms with Crippen molar-refractivity contribution in [1.29, 1.82) is 0 Å². The van der Waals surface area contributed by atoms with E-state index in [-0.39, 0.29) is 5.56 Å². The van der Waals surface area contributed by atoms with Crippen LogP contribution in [0.3, 0.4) is 0 Å². The van der Waals surface area contributed by atoms with E-state index in [4.69, 9.17) is 0 Å². The molecular weight excluding hydrogens is 568 g/mol. The predicted octanol–water partition coefficient (Wildman–Crippen LogP) is 7.48. The number of nitrogens with zero attached hydrogens (tertiary/aromatic N) is 1. The second kappa shape index (κ2) is 12.8. The SMILES string of the molecule is CCCCC1=CNC(C#Cc2ccc(C(F)(F)Oc3cc(F)c(C#Cc4cc(F)c(F)c(F)c4)c(F)c3)c(F)c2)N=C1. The Kier molecular flexibility index (Phi) is 9.21. The van der Waals surface area contributed by atoms with Crippen molar-refractivity contribution in [2.75, 3.05) is 0 Å². The zero-order chi connectivity index (χ0) is 30.4. The number of benzene rings is 3. The van der Waals surface area contributed by atoms with Crippen molar-refractivity contribution in [1.82, 2.24) is 5.32 Å². The molecule has 4 rings (SSSR count). The molecule has 3 aromatic rings. The van der Waals surface area contributed by atoms with Gasteiger partial charge in [-0.1, -0.05) is 31.1 Å². The zero-order valence-electron chi connectivity index (χ0n) is 21.8. The van der Waals surface area contributed by atoms with Gasteiger partial charge in [-0.05, 0) is 54.7 Å². The van der Waals surface area contributed by atoms with Crippen LogP contribution >= 0.6 is 0 Å². The number of hydrogen-bond acceptors (Lipinski definition) is 3. The van der Waals surface area contributed by atoms with Crippen LogP contribution in [0.1, 0.15) is 48.4 Å². The van der Waals surface area contributed by atoms with E-state index in [1.165, 1.54) is 0 Å². The second-order valence-corrected chi connectivity index (χ2v) is 9.02. The summed E-state index contributed by atoms with van der Waals surface area (Å²) < 4.78 is 117. The molecule has 1 aliphatic rings. The quantitative estimate of drug-likeness (QED) is 0.184. The van der Waals surface area contributed by atoms with Crippen molar-refractivity contribution < 1.29 is 39.9 Å². The van der Waals surface area contributed by atoms with Gasteiger partial charge in [0.2, 0.25) is 0 Å². The minimum Gasteiger partial charge on any atom is -0.429 e. The predicted molar refractivity (Wildman–Crippen MR) is 139 cm³/mol. The Balaban J connectivity index is 1.47. The molecule has 3 nitrogen and oxygen atoms in total. The topological polar surface area (TPSA) is 33.6 Å². The van der Waals surface area contributed by atoms with Gasteiger partial charge in [-0.2, -0.15) is 8.78 Å². The molecule has 0 fully saturated rings. The molecular formula is C31H20F8N2O. The molecule has 0 radical (unpaired) electrons. The van der Waals surface area contributed by atoms with Gasteiger partial charge in [0.15, 0.2) is 23.6 Å². The van der Waals surface area contributed by atoms with Crippen molar-refractivity contribution in [3.63, 3.8) is 0 Å². The van der Waals surface area contributed by atoms with Crippen molar-refractivity contribution in [3.8, 4) is 29.4 Å². The number of nitrogens with one attached hydrogen (secondary N) is 1. The van der Waals surface area contributed by atoms with Crippen LogP contribution in [0.15, 0.2) is 59.2 Å². The molecule has 1 unspecified atom stereocenters. The van der Waals surface area contributed by atoms with Crippen LogP contribution in [0, 0.1) is 58.6 Å². The molecule has 0 spiro atoms. The molecule has 0 aliphatic carbocycles. The van der Waals surface area contributed by atoms with Crippen LogP contribution in [0.25, 0.3) is 0 Å². The van der Waals surface area contributed by atoms with Gasteiger partial charge in [-0.25, -0.2) is 26.3 Å². The highest BCUT2D eigenvalue weighted by Crippen LogP contribution is 2.34. The first-order valence-corrected chi connectivity index (χ1v) is 12.5. The van der Waals surface area contributed by atoms with E-state index in [0.717, 1.165) is 43.0 Å².